The van der Waals surface area contributed by atoms with E-state index in [1.807, 2.05) is 0 Å². The molecule has 1 fully saturated rings. The lowest BCUT2D eigenvalue weighted by molar-refractivity contribution is -0.139. The number of ether oxygens (including phenoxy) is 2. The Morgan fingerprint density at radius 2 is 1.87 bits per heavy atom. The summed E-state index contributed by atoms with van der Waals surface area (Å²) in [6.45, 7) is 1.89. The SMILES string of the molecule is CCOC1=C(C(=O)N[C@H]2CC[C@](OC)(c3ccc(F)cc3)CC2)CNC1CC(F)(F)F. The molecule has 0 radical (unpaired) electrons. The zero-order valence-electron chi connectivity index (χ0n) is 17.7. The highest BCUT2D eigenvalue weighted by Gasteiger charge is 2.41. The monoisotopic (exact) mass is 444 g/mol. The van der Waals surface area contributed by atoms with Crippen LogP contribution >= 0.6 is 0 Å². The minimum Gasteiger partial charge on any atom is -0.496 e. The summed E-state index contributed by atoms with van der Waals surface area (Å²) in [5.74, 6) is -0.647. The van der Waals surface area contributed by atoms with Crippen LogP contribution in [0.4, 0.5) is 17.6 Å². The number of hydrogen-bond donors (Lipinski definition) is 2. The highest BCUT2D eigenvalue weighted by atomic mass is 19.4. The number of rotatable bonds is 7. The maximum absolute atomic E-state index is 13.3. The first-order valence-electron chi connectivity index (χ1n) is 10.5. The summed E-state index contributed by atoms with van der Waals surface area (Å²) in [5, 5.41) is 5.68. The van der Waals surface area contributed by atoms with E-state index in [2.05, 4.69) is 10.6 Å². The minimum absolute atomic E-state index is 0.0339. The Kier molecular flexibility index (Phi) is 7.26. The van der Waals surface area contributed by atoms with Gasteiger partial charge >= 0.3 is 6.18 Å². The standard InChI is InChI=1S/C22H28F4N2O3/c1-3-31-19-17(13-27-18(19)12-22(24,25)26)20(29)28-16-8-10-21(30-2,11-9-16)14-4-6-15(23)7-5-14/h4-7,16,18,27H,3,8-13H2,1-2H3,(H,28,29)/t16-,18?,21+. The molecule has 1 aliphatic heterocycles. The molecule has 1 aromatic rings. The molecule has 0 bridgehead atoms. The molecule has 0 spiro atoms. The van der Waals surface area contributed by atoms with Gasteiger partial charge in [-0.05, 0) is 50.3 Å². The smallest absolute Gasteiger partial charge is 0.391 e. The van der Waals surface area contributed by atoms with Crippen LogP contribution in [0, 0.1) is 5.82 Å². The minimum atomic E-state index is -4.36. The van der Waals surface area contributed by atoms with Crippen molar-refractivity contribution >= 4 is 5.91 Å². The third-order valence-corrected chi connectivity index (χ3v) is 6.04. The Bertz CT molecular complexity index is 800. The summed E-state index contributed by atoms with van der Waals surface area (Å²) in [5.41, 5.74) is 0.563. The number of halogens is 4. The van der Waals surface area contributed by atoms with Crippen molar-refractivity contribution in [2.24, 2.45) is 0 Å². The molecule has 1 amide bonds. The first-order chi connectivity index (χ1) is 14.7. The molecule has 1 unspecified atom stereocenters. The topological polar surface area (TPSA) is 59.6 Å². The van der Waals surface area contributed by atoms with E-state index in [1.165, 1.54) is 12.1 Å². The lowest BCUT2D eigenvalue weighted by Crippen LogP contribution is -2.43. The molecule has 2 aliphatic rings. The summed E-state index contributed by atoms with van der Waals surface area (Å²) < 4.78 is 63.0. The van der Waals surface area contributed by atoms with Gasteiger partial charge in [-0.2, -0.15) is 13.2 Å². The van der Waals surface area contributed by atoms with Crippen LogP contribution in [-0.4, -0.2) is 44.4 Å². The van der Waals surface area contributed by atoms with E-state index in [0.29, 0.717) is 25.7 Å². The van der Waals surface area contributed by atoms with Crippen LogP contribution in [0.25, 0.3) is 0 Å². The summed E-state index contributed by atoms with van der Waals surface area (Å²) in [6.07, 6.45) is -2.92. The second-order valence-corrected chi connectivity index (χ2v) is 7.98. The van der Waals surface area contributed by atoms with Gasteiger partial charge in [0, 0.05) is 19.7 Å². The van der Waals surface area contributed by atoms with Gasteiger partial charge in [0.15, 0.2) is 0 Å². The van der Waals surface area contributed by atoms with E-state index in [0.717, 1.165) is 5.56 Å². The van der Waals surface area contributed by atoms with E-state index in [9.17, 15) is 22.4 Å². The van der Waals surface area contributed by atoms with Crippen LogP contribution in [-0.2, 0) is 19.9 Å². The maximum atomic E-state index is 13.3. The first kappa shape index (κ1) is 23.5. The Hall–Kier alpha value is -2.13. The van der Waals surface area contributed by atoms with Gasteiger partial charge < -0.3 is 20.1 Å². The molecular formula is C22H28F4N2O3. The van der Waals surface area contributed by atoms with Crippen molar-refractivity contribution in [2.75, 3.05) is 20.3 Å². The van der Waals surface area contributed by atoms with E-state index >= 15 is 0 Å². The molecule has 172 valence electrons. The first-order valence-corrected chi connectivity index (χ1v) is 10.5. The highest BCUT2D eigenvalue weighted by Crippen LogP contribution is 2.40. The largest absolute Gasteiger partial charge is 0.496 e. The fourth-order valence-electron chi connectivity index (χ4n) is 4.41. The molecule has 1 saturated carbocycles. The summed E-state index contributed by atoms with van der Waals surface area (Å²) in [7, 11) is 1.62. The number of amides is 1. The molecule has 0 aromatic heterocycles. The third kappa shape index (κ3) is 5.57. The Labute approximate surface area is 179 Å². The fourth-order valence-corrected chi connectivity index (χ4v) is 4.41. The van der Waals surface area contributed by atoms with Crippen molar-refractivity contribution in [3.05, 3.63) is 47.0 Å². The number of nitrogens with one attached hydrogen (secondary N) is 2. The van der Waals surface area contributed by atoms with Gasteiger partial charge in [0.1, 0.15) is 11.6 Å². The van der Waals surface area contributed by atoms with Crippen LogP contribution in [0.2, 0.25) is 0 Å². The zero-order chi connectivity index (χ0) is 22.6. The van der Waals surface area contributed by atoms with Crippen molar-refractivity contribution in [1.82, 2.24) is 10.6 Å². The van der Waals surface area contributed by atoms with Gasteiger partial charge in [-0.15, -0.1) is 0 Å². The number of carbonyl (C=O) groups is 1. The zero-order valence-corrected chi connectivity index (χ0v) is 17.7. The van der Waals surface area contributed by atoms with Crippen molar-refractivity contribution in [3.63, 3.8) is 0 Å². The van der Waals surface area contributed by atoms with Crippen molar-refractivity contribution in [1.29, 1.82) is 0 Å². The lowest BCUT2D eigenvalue weighted by atomic mass is 9.77. The van der Waals surface area contributed by atoms with Crippen LogP contribution < -0.4 is 10.6 Å². The third-order valence-electron chi connectivity index (χ3n) is 6.04. The quantitative estimate of drug-likeness (QED) is 0.626. The van der Waals surface area contributed by atoms with Gasteiger partial charge in [0.25, 0.3) is 5.91 Å². The normalized spacial score (nSPS) is 26.8. The number of benzene rings is 1. The molecule has 1 aliphatic carbocycles. The molecule has 0 saturated heterocycles. The summed E-state index contributed by atoms with van der Waals surface area (Å²) in [6, 6.07) is 5.04. The molecule has 1 aromatic carbocycles. The van der Waals surface area contributed by atoms with Gasteiger partial charge in [0.2, 0.25) is 0 Å². The molecular weight excluding hydrogens is 416 g/mol. The summed E-state index contributed by atoms with van der Waals surface area (Å²) in [4.78, 5) is 12.8. The van der Waals surface area contributed by atoms with Crippen LogP contribution in [0.5, 0.6) is 0 Å². The van der Waals surface area contributed by atoms with Gasteiger partial charge in [-0.25, -0.2) is 4.39 Å². The lowest BCUT2D eigenvalue weighted by Gasteiger charge is -2.39. The molecule has 1 heterocycles. The van der Waals surface area contributed by atoms with Crippen molar-refractivity contribution in [2.45, 2.75) is 62.9 Å². The van der Waals surface area contributed by atoms with Gasteiger partial charge in [0.05, 0.1) is 30.2 Å². The summed E-state index contributed by atoms with van der Waals surface area (Å²) >= 11 is 0. The van der Waals surface area contributed by atoms with Crippen LogP contribution in [0.1, 0.15) is 44.6 Å². The molecule has 9 heteroatoms. The average molecular weight is 444 g/mol. The van der Waals surface area contributed by atoms with Crippen molar-refractivity contribution < 1.29 is 31.8 Å². The van der Waals surface area contributed by atoms with Gasteiger partial charge in [-0.3, -0.25) is 4.79 Å². The Balaban J connectivity index is 1.65. The van der Waals surface area contributed by atoms with E-state index in [1.54, 1.807) is 26.2 Å². The van der Waals surface area contributed by atoms with Crippen molar-refractivity contribution in [3.8, 4) is 0 Å². The van der Waals surface area contributed by atoms with Crippen LogP contribution in [0.15, 0.2) is 35.6 Å². The van der Waals surface area contributed by atoms with Crippen LogP contribution in [0.3, 0.4) is 0 Å². The maximum Gasteiger partial charge on any atom is 0.391 e. The fraction of sp³-hybridized carbons (Fsp3) is 0.591. The number of carbonyl (C=O) groups excluding carboxylic acids is 1. The number of hydrogen-bond acceptors (Lipinski definition) is 4. The Morgan fingerprint density at radius 1 is 1.23 bits per heavy atom. The number of alkyl halides is 3. The predicted octanol–water partition coefficient (Wildman–Crippen LogP) is 3.94. The predicted molar refractivity (Wildman–Crippen MR) is 107 cm³/mol. The molecule has 31 heavy (non-hydrogen) atoms. The van der Waals surface area contributed by atoms with E-state index in [4.69, 9.17) is 9.47 Å². The van der Waals surface area contributed by atoms with Gasteiger partial charge in [-0.1, -0.05) is 12.1 Å². The van der Waals surface area contributed by atoms with E-state index < -0.39 is 30.1 Å². The van der Waals surface area contributed by atoms with E-state index in [-0.39, 0.29) is 36.3 Å². The molecule has 3 rings (SSSR count). The second kappa shape index (κ2) is 9.56. The average Bonchev–Trinajstić information content (AvgIpc) is 3.10. The highest BCUT2D eigenvalue weighted by molar-refractivity contribution is 5.95. The molecule has 2 N–H and O–H groups in total. The molecule has 1 atom stereocenters. The Morgan fingerprint density at radius 3 is 2.42 bits per heavy atom. The molecule has 5 nitrogen and oxygen atoms in total. The number of methoxy groups -OCH3 is 1. The second-order valence-electron chi connectivity index (χ2n) is 7.98.